The average molecular weight is 215 g/mol. The normalized spacial score (nSPS) is 20.7. The van der Waals surface area contributed by atoms with Gasteiger partial charge in [-0.15, -0.1) is 0 Å². The summed E-state index contributed by atoms with van der Waals surface area (Å²) in [5.74, 6) is 0.0441. The number of nitrogens with one attached hydrogen (secondary N) is 2. The third-order valence-electron chi connectivity index (χ3n) is 2.31. The fraction of sp³-hybridized carbons (Fsp3) is 0.778. The SMILES string of the molecule is NC(=O)OCCNC(=O)[C@@H]1CCCNC1. The predicted molar refractivity (Wildman–Crippen MR) is 54.1 cm³/mol. The first-order valence-corrected chi connectivity index (χ1v) is 5.11. The van der Waals surface area contributed by atoms with Crippen LogP contribution >= 0.6 is 0 Å². The average Bonchev–Trinajstić information content (AvgIpc) is 2.25. The Morgan fingerprint density at radius 2 is 2.33 bits per heavy atom. The number of carbonyl (C=O) groups excluding carboxylic acids is 2. The van der Waals surface area contributed by atoms with E-state index in [2.05, 4.69) is 15.4 Å². The monoisotopic (exact) mass is 215 g/mol. The fourth-order valence-electron chi connectivity index (χ4n) is 1.55. The van der Waals surface area contributed by atoms with E-state index in [-0.39, 0.29) is 18.4 Å². The summed E-state index contributed by atoms with van der Waals surface area (Å²) in [7, 11) is 0. The lowest BCUT2D eigenvalue weighted by atomic mass is 9.99. The molecule has 15 heavy (non-hydrogen) atoms. The van der Waals surface area contributed by atoms with Crippen LogP contribution in [0.5, 0.6) is 0 Å². The van der Waals surface area contributed by atoms with Gasteiger partial charge in [0, 0.05) is 6.54 Å². The molecule has 1 atom stereocenters. The topological polar surface area (TPSA) is 93.5 Å². The van der Waals surface area contributed by atoms with Gasteiger partial charge in [-0.2, -0.15) is 0 Å². The van der Waals surface area contributed by atoms with E-state index in [1.165, 1.54) is 0 Å². The van der Waals surface area contributed by atoms with E-state index in [1.54, 1.807) is 0 Å². The lowest BCUT2D eigenvalue weighted by molar-refractivity contribution is -0.125. The Bertz CT molecular complexity index is 227. The number of ether oxygens (including phenoxy) is 1. The van der Waals surface area contributed by atoms with Crippen LogP contribution in [-0.4, -0.2) is 38.2 Å². The first-order valence-electron chi connectivity index (χ1n) is 5.11. The summed E-state index contributed by atoms with van der Waals surface area (Å²) < 4.78 is 4.49. The lowest BCUT2D eigenvalue weighted by Crippen LogP contribution is -2.41. The first kappa shape index (κ1) is 11.8. The van der Waals surface area contributed by atoms with Gasteiger partial charge in [-0.1, -0.05) is 0 Å². The van der Waals surface area contributed by atoms with Gasteiger partial charge in [0.15, 0.2) is 0 Å². The summed E-state index contributed by atoms with van der Waals surface area (Å²) in [6, 6.07) is 0. The molecule has 0 aromatic rings. The van der Waals surface area contributed by atoms with Crippen LogP contribution < -0.4 is 16.4 Å². The van der Waals surface area contributed by atoms with Gasteiger partial charge >= 0.3 is 6.09 Å². The first-order chi connectivity index (χ1) is 7.20. The van der Waals surface area contributed by atoms with Crippen molar-refractivity contribution >= 4 is 12.0 Å². The second-order valence-corrected chi connectivity index (χ2v) is 3.50. The Morgan fingerprint density at radius 1 is 1.53 bits per heavy atom. The minimum atomic E-state index is -0.816. The van der Waals surface area contributed by atoms with Crippen LogP contribution in [0.4, 0.5) is 4.79 Å². The number of amides is 2. The second-order valence-electron chi connectivity index (χ2n) is 3.50. The fourth-order valence-corrected chi connectivity index (χ4v) is 1.55. The summed E-state index contributed by atoms with van der Waals surface area (Å²) >= 11 is 0. The molecular formula is C9H17N3O3. The number of primary amides is 1. The van der Waals surface area contributed by atoms with Crippen molar-refractivity contribution in [2.45, 2.75) is 12.8 Å². The molecule has 1 aliphatic heterocycles. The van der Waals surface area contributed by atoms with Crippen LogP contribution in [0.2, 0.25) is 0 Å². The van der Waals surface area contributed by atoms with Gasteiger partial charge in [-0.3, -0.25) is 4.79 Å². The molecule has 0 aromatic carbocycles. The molecule has 2 amide bonds. The van der Waals surface area contributed by atoms with Crippen molar-refractivity contribution in [1.82, 2.24) is 10.6 Å². The molecule has 1 saturated heterocycles. The van der Waals surface area contributed by atoms with Crippen molar-refractivity contribution in [2.75, 3.05) is 26.2 Å². The predicted octanol–water partition coefficient (Wildman–Crippen LogP) is -0.802. The molecule has 0 bridgehead atoms. The molecule has 86 valence electrons. The largest absolute Gasteiger partial charge is 0.448 e. The van der Waals surface area contributed by atoms with E-state index in [0.29, 0.717) is 6.54 Å². The zero-order valence-electron chi connectivity index (χ0n) is 8.62. The molecule has 0 unspecified atom stereocenters. The lowest BCUT2D eigenvalue weighted by Gasteiger charge is -2.21. The minimum Gasteiger partial charge on any atom is -0.448 e. The number of carbonyl (C=O) groups is 2. The number of piperidine rings is 1. The van der Waals surface area contributed by atoms with E-state index < -0.39 is 6.09 Å². The van der Waals surface area contributed by atoms with Gasteiger partial charge in [-0.05, 0) is 19.4 Å². The molecule has 6 nitrogen and oxygen atoms in total. The van der Waals surface area contributed by atoms with Crippen LogP contribution in [0, 0.1) is 5.92 Å². The molecule has 1 fully saturated rings. The van der Waals surface area contributed by atoms with Gasteiger partial charge in [0.05, 0.1) is 12.5 Å². The third-order valence-corrected chi connectivity index (χ3v) is 2.31. The highest BCUT2D eigenvalue weighted by atomic mass is 16.5. The molecule has 0 saturated carbocycles. The van der Waals surface area contributed by atoms with E-state index in [9.17, 15) is 9.59 Å². The second kappa shape index (κ2) is 6.23. The van der Waals surface area contributed by atoms with Crippen molar-refractivity contribution in [3.05, 3.63) is 0 Å². The Morgan fingerprint density at radius 3 is 2.93 bits per heavy atom. The van der Waals surface area contributed by atoms with Crippen LogP contribution in [0.25, 0.3) is 0 Å². The van der Waals surface area contributed by atoms with E-state index in [1.807, 2.05) is 0 Å². The van der Waals surface area contributed by atoms with Crippen molar-refractivity contribution in [3.8, 4) is 0 Å². The smallest absolute Gasteiger partial charge is 0.404 e. The van der Waals surface area contributed by atoms with Gasteiger partial charge in [-0.25, -0.2) is 4.79 Å². The molecule has 1 heterocycles. The van der Waals surface area contributed by atoms with Gasteiger partial charge < -0.3 is 21.1 Å². The van der Waals surface area contributed by atoms with Crippen LogP contribution in [0.1, 0.15) is 12.8 Å². The van der Waals surface area contributed by atoms with Crippen LogP contribution in [0.15, 0.2) is 0 Å². The molecule has 0 spiro atoms. The molecule has 6 heteroatoms. The zero-order valence-corrected chi connectivity index (χ0v) is 8.62. The van der Waals surface area contributed by atoms with Crippen molar-refractivity contribution in [1.29, 1.82) is 0 Å². The number of hydrogen-bond donors (Lipinski definition) is 3. The maximum atomic E-state index is 11.5. The number of nitrogens with two attached hydrogens (primary N) is 1. The zero-order chi connectivity index (χ0) is 11.1. The van der Waals surface area contributed by atoms with E-state index in [4.69, 9.17) is 5.73 Å². The standard InChI is InChI=1S/C9H17N3O3/c10-9(14)15-5-4-12-8(13)7-2-1-3-11-6-7/h7,11H,1-6H2,(H2,10,14)(H,12,13)/t7-/m1/s1. The molecule has 0 radical (unpaired) electrons. The van der Waals surface area contributed by atoms with Gasteiger partial charge in [0.25, 0.3) is 0 Å². The molecular weight excluding hydrogens is 198 g/mol. The Labute approximate surface area is 88.5 Å². The molecule has 4 N–H and O–H groups in total. The molecule has 1 rings (SSSR count). The van der Waals surface area contributed by atoms with E-state index >= 15 is 0 Å². The summed E-state index contributed by atoms with van der Waals surface area (Å²) in [6.45, 7) is 2.15. The summed E-state index contributed by atoms with van der Waals surface area (Å²) in [5.41, 5.74) is 4.77. The van der Waals surface area contributed by atoms with Crippen molar-refractivity contribution < 1.29 is 14.3 Å². The minimum absolute atomic E-state index is 0.00951. The summed E-state index contributed by atoms with van der Waals surface area (Å²) in [5, 5.41) is 5.85. The van der Waals surface area contributed by atoms with Crippen molar-refractivity contribution in [2.24, 2.45) is 11.7 Å². The quantitative estimate of drug-likeness (QED) is 0.535. The molecule has 1 aliphatic rings. The Hall–Kier alpha value is -1.30. The molecule has 0 aromatic heterocycles. The van der Waals surface area contributed by atoms with Crippen LogP contribution in [-0.2, 0) is 9.53 Å². The number of hydrogen-bond acceptors (Lipinski definition) is 4. The van der Waals surface area contributed by atoms with Crippen LogP contribution in [0.3, 0.4) is 0 Å². The maximum absolute atomic E-state index is 11.5. The summed E-state index contributed by atoms with van der Waals surface area (Å²) in [4.78, 5) is 21.7. The van der Waals surface area contributed by atoms with Gasteiger partial charge in [0.1, 0.15) is 6.61 Å². The van der Waals surface area contributed by atoms with Gasteiger partial charge in [0.2, 0.25) is 5.91 Å². The highest BCUT2D eigenvalue weighted by molar-refractivity contribution is 5.78. The highest BCUT2D eigenvalue weighted by Crippen LogP contribution is 2.09. The number of rotatable bonds is 4. The summed E-state index contributed by atoms with van der Waals surface area (Å²) in [6.07, 6.45) is 1.12. The molecule has 0 aliphatic carbocycles. The van der Waals surface area contributed by atoms with E-state index in [0.717, 1.165) is 25.9 Å². The maximum Gasteiger partial charge on any atom is 0.404 e. The Kier molecular flexibility index (Phi) is 4.89. The highest BCUT2D eigenvalue weighted by Gasteiger charge is 2.20. The van der Waals surface area contributed by atoms with Crippen molar-refractivity contribution in [3.63, 3.8) is 0 Å². The Balaban J connectivity index is 2.09. The third kappa shape index (κ3) is 4.64.